The first-order chi connectivity index (χ1) is 8.19. The third-order valence-corrected chi connectivity index (χ3v) is 3.52. The second kappa shape index (κ2) is 5.19. The highest BCUT2D eigenvalue weighted by atomic mass is 32.2. The summed E-state index contributed by atoms with van der Waals surface area (Å²) in [5.74, 6) is 0.839. The van der Waals surface area contributed by atoms with Crippen molar-refractivity contribution >= 4 is 17.6 Å². The van der Waals surface area contributed by atoms with Crippen LogP contribution in [0.4, 0.5) is 5.82 Å². The van der Waals surface area contributed by atoms with Crippen LogP contribution in [0.2, 0.25) is 0 Å². The van der Waals surface area contributed by atoms with Crippen LogP contribution in [0.1, 0.15) is 11.1 Å². The number of benzene rings is 1. The molecule has 17 heavy (non-hydrogen) atoms. The van der Waals surface area contributed by atoms with Crippen molar-refractivity contribution in [3.63, 3.8) is 0 Å². The van der Waals surface area contributed by atoms with Crippen LogP contribution in [0, 0.1) is 13.8 Å². The summed E-state index contributed by atoms with van der Waals surface area (Å²) in [4.78, 5) is 9.54. The van der Waals surface area contributed by atoms with E-state index in [9.17, 15) is 0 Å². The number of hydrogen-bond donors (Lipinski definition) is 1. The number of aromatic nitrogens is 2. The summed E-state index contributed by atoms with van der Waals surface area (Å²) in [6.45, 7) is 4.24. The third kappa shape index (κ3) is 2.97. The maximum atomic E-state index is 4.25. The van der Waals surface area contributed by atoms with Gasteiger partial charge in [0.1, 0.15) is 17.2 Å². The van der Waals surface area contributed by atoms with Crippen molar-refractivity contribution < 1.29 is 0 Å². The van der Waals surface area contributed by atoms with Crippen LogP contribution in [0.15, 0.2) is 40.5 Å². The minimum Gasteiger partial charge on any atom is -0.373 e. The molecule has 2 aromatic rings. The van der Waals surface area contributed by atoms with Crippen molar-refractivity contribution in [2.24, 2.45) is 0 Å². The van der Waals surface area contributed by atoms with Crippen LogP contribution in [-0.4, -0.2) is 17.0 Å². The van der Waals surface area contributed by atoms with Crippen LogP contribution in [-0.2, 0) is 0 Å². The molecule has 1 N–H and O–H groups in total. The normalized spacial score (nSPS) is 10.3. The van der Waals surface area contributed by atoms with Crippen LogP contribution in [0.5, 0.6) is 0 Å². The summed E-state index contributed by atoms with van der Waals surface area (Å²) in [5, 5.41) is 3.96. The zero-order valence-electron chi connectivity index (χ0n) is 10.2. The second-order valence-electron chi connectivity index (χ2n) is 3.84. The van der Waals surface area contributed by atoms with Gasteiger partial charge < -0.3 is 5.32 Å². The van der Waals surface area contributed by atoms with Gasteiger partial charge >= 0.3 is 0 Å². The standard InChI is InChI=1S/C13H15N3S/c1-9-4-5-11(6-10(9)2)17-13-7-12(14-3)15-8-16-13/h4-8H,1-3H3,(H,14,15,16). The zero-order valence-corrected chi connectivity index (χ0v) is 11.0. The molecule has 1 heterocycles. The summed E-state index contributed by atoms with van der Waals surface area (Å²) >= 11 is 1.65. The van der Waals surface area contributed by atoms with Gasteiger partial charge in [0.05, 0.1) is 0 Å². The topological polar surface area (TPSA) is 37.8 Å². The summed E-state index contributed by atoms with van der Waals surface area (Å²) in [6, 6.07) is 8.38. The molecule has 3 nitrogen and oxygen atoms in total. The van der Waals surface area contributed by atoms with Crippen molar-refractivity contribution in [2.75, 3.05) is 12.4 Å². The van der Waals surface area contributed by atoms with Crippen LogP contribution in [0.3, 0.4) is 0 Å². The predicted octanol–water partition coefficient (Wildman–Crippen LogP) is 3.29. The average molecular weight is 245 g/mol. The number of nitrogens with zero attached hydrogens (tertiary/aromatic N) is 2. The lowest BCUT2D eigenvalue weighted by molar-refractivity contribution is 1.05. The predicted molar refractivity (Wildman–Crippen MR) is 71.6 cm³/mol. The van der Waals surface area contributed by atoms with E-state index in [2.05, 4.69) is 47.3 Å². The molecule has 0 saturated heterocycles. The first-order valence-corrected chi connectivity index (χ1v) is 6.25. The Morgan fingerprint density at radius 2 is 1.88 bits per heavy atom. The largest absolute Gasteiger partial charge is 0.373 e. The Labute approximate surface area is 106 Å². The lowest BCUT2D eigenvalue weighted by Gasteiger charge is -2.05. The minimum absolute atomic E-state index is 0.839. The molecule has 0 unspecified atom stereocenters. The Morgan fingerprint density at radius 3 is 2.59 bits per heavy atom. The minimum atomic E-state index is 0.839. The SMILES string of the molecule is CNc1cc(Sc2ccc(C)c(C)c2)ncn1. The van der Waals surface area contributed by atoms with Gasteiger partial charge in [-0.2, -0.15) is 0 Å². The molecule has 2 rings (SSSR count). The van der Waals surface area contributed by atoms with Crippen molar-refractivity contribution in [3.8, 4) is 0 Å². The molecular weight excluding hydrogens is 230 g/mol. The molecular formula is C13H15N3S. The van der Waals surface area contributed by atoms with E-state index in [1.165, 1.54) is 16.0 Å². The Balaban J connectivity index is 2.22. The Bertz CT molecular complexity index is 526. The molecule has 0 amide bonds. The van der Waals surface area contributed by atoms with E-state index in [0.29, 0.717) is 0 Å². The first-order valence-electron chi connectivity index (χ1n) is 5.44. The smallest absolute Gasteiger partial charge is 0.130 e. The van der Waals surface area contributed by atoms with Gasteiger partial charge in [-0.15, -0.1) is 0 Å². The number of anilines is 1. The Morgan fingerprint density at radius 1 is 1.06 bits per heavy atom. The molecule has 4 heteroatoms. The van der Waals surface area contributed by atoms with E-state index in [1.807, 2.05) is 13.1 Å². The highest BCUT2D eigenvalue weighted by Crippen LogP contribution is 2.28. The fraction of sp³-hybridized carbons (Fsp3) is 0.231. The van der Waals surface area contributed by atoms with E-state index in [1.54, 1.807) is 18.1 Å². The van der Waals surface area contributed by atoms with Crippen molar-refractivity contribution in [1.82, 2.24) is 9.97 Å². The summed E-state index contributed by atoms with van der Waals surface area (Å²) in [6.07, 6.45) is 1.58. The fourth-order valence-corrected chi connectivity index (χ4v) is 2.31. The quantitative estimate of drug-likeness (QED) is 0.842. The third-order valence-electron chi connectivity index (χ3n) is 2.60. The lowest BCUT2D eigenvalue weighted by atomic mass is 10.1. The molecule has 0 aliphatic carbocycles. The molecule has 0 atom stereocenters. The van der Waals surface area contributed by atoms with E-state index in [-0.39, 0.29) is 0 Å². The highest BCUT2D eigenvalue weighted by Gasteiger charge is 2.02. The molecule has 88 valence electrons. The van der Waals surface area contributed by atoms with Gasteiger partial charge in [0.15, 0.2) is 0 Å². The first kappa shape index (κ1) is 11.9. The summed E-state index contributed by atoms with van der Waals surface area (Å²) in [5.41, 5.74) is 2.62. The molecule has 1 aromatic heterocycles. The number of nitrogens with one attached hydrogen (secondary N) is 1. The molecule has 0 radical (unpaired) electrons. The van der Waals surface area contributed by atoms with Crippen LogP contribution >= 0.6 is 11.8 Å². The van der Waals surface area contributed by atoms with E-state index < -0.39 is 0 Å². The van der Waals surface area contributed by atoms with Crippen LogP contribution < -0.4 is 5.32 Å². The van der Waals surface area contributed by atoms with Gasteiger partial charge in [0.25, 0.3) is 0 Å². The second-order valence-corrected chi connectivity index (χ2v) is 4.93. The Kier molecular flexibility index (Phi) is 3.64. The molecule has 0 spiro atoms. The van der Waals surface area contributed by atoms with Gasteiger partial charge in [-0.3, -0.25) is 0 Å². The van der Waals surface area contributed by atoms with Crippen molar-refractivity contribution in [3.05, 3.63) is 41.7 Å². The van der Waals surface area contributed by atoms with E-state index in [0.717, 1.165) is 10.8 Å². The van der Waals surface area contributed by atoms with E-state index >= 15 is 0 Å². The van der Waals surface area contributed by atoms with Crippen LogP contribution in [0.25, 0.3) is 0 Å². The van der Waals surface area contributed by atoms with Gasteiger partial charge in [0.2, 0.25) is 0 Å². The lowest BCUT2D eigenvalue weighted by Crippen LogP contribution is -1.93. The summed E-state index contributed by atoms with van der Waals surface area (Å²) < 4.78 is 0. The molecule has 0 aliphatic rings. The van der Waals surface area contributed by atoms with Crippen molar-refractivity contribution in [2.45, 2.75) is 23.8 Å². The van der Waals surface area contributed by atoms with Gasteiger partial charge in [-0.1, -0.05) is 17.8 Å². The number of rotatable bonds is 3. The van der Waals surface area contributed by atoms with Crippen molar-refractivity contribution in [1.29, 1.82) is 0 Å². The van der Waals surface area contributed by atoms with E-state index in [4.69, 9.17) is 0 Å². The zero-order chi connectivity index (χ0) is 12.3. The molecule has 0 aliphatic heterocycles. The number of hydrogen-bond acceptors (Lipinski definition) is 4. The van der Waals surface area contributed by atoms with Gasteiger partial charge in [0, 0.05) is 18.0 Å². The average Bonchev–Trinajstić information content (AvgIpc) is 2.34. The molecule has 0 saturated carbocycles. The molecule has 0 bridgehead atoms. The monoisotopic (exact) mass is 245 g/mol. The summed E-state index contributed by atoms with van der Waals surface area (Å²) in [7, 11) is 1.85. The maximum absolute atomic E-state index is 4.25. The fourth-order valence-electron chi connectivity index (χ4n) is 1.43. The molecule has 0 fully saturated rings. The molecule has 1 aromatic carbocycles. The van der Waals surface area contributed by atoms with Gasteiger partial charge in [-0.25, -0.2) is 9.97 Å². The number of aryl methyl sites for hydroxylation is 2. The highest BCUT2D eigenvalue weighted by molar-refractivity contribution is 7.99. The Hall–Kier alpha value is -1.55. The maximum Gasteiger partial charge on any atom is 0.130 e. The van der Waals surface area contributed by atoms with Gasteiger partial charge in [-0.05, 0) is 37.1 Å².